The van der Waals surface area contributed by atoms with E-state index in [2.05, 4.69) is 65.9 Å². The lowest BCUT2D eigenvalue weighted by Gasteiger charge is -2.23. The minimum absolute atomic E-state index is 0.0182. The molecule has 2 aromatic heterocycles. The van der Waals surface area contributed by atoms with Crippen molar-refractivity contribution in [1.29, 1.82) is 0 Å². The largest absolute Gasteiger partial charge is 0.372 e. The van der Waals surface area contributed by atoms with Crippen LogP contribution in [0, 0.1) is 12.8 Å². The van der Waals surface area contributed by atoms with Gasteiger partial charge in [0.2, 0.25) is 5.91 Å². The Bertz CT molecular complexity index is 986. The summed E-state index contributed by atoms with van der Waals surface area (Å²) in [4.78, 5) is 19.9. The summed E-state index contributed by atoms with van der Waals surface area (Å²) in [5.41, 5.74) is 6.54. The second-order valence-corrected chi connectivity index (χ2v) is 7.59. The Balaban J connectivity index is 1.48. The van der Waals surface area contributed by atoms with Gasteiger partial charge in [0.25, 0.3) is 0 Å². The molecular weight excluding hydrogens is 348 g/mol. The average Bonchev–Trinajstić information content (AvgIpc) is 3.07. The number of anilines is 2. The molecule has 1 atom stereocenters. The zero-order valence-electron chi connectivity index (χ0n) is 16.9. The Morgan fingerprint density at radius 1 is 1.18 bits per heavy atom. The van der Waals surface area contributed by atoms with E-state index >= 15 is 0 Å². The molecule has 28 heavy (non-hydrogen) atoms. The molecule has 5 heteroatoms. The number of aromatic nitrogens is 2. The highest BCUT2D eigenvalue weighted by Gasteiger charge is 2.28. The first-order valence-electron chi connectivity index (χ1n) is 10.2. The molecule has 1 N–H and O–H groups in total. The number of pyridine rings is 1. The number of benzene rings is 1. The first-order chi connectivity index (χ1) is 13.6. The molecule has 0 fully saturated rings. The lowest BCUT2D eigenvalue weighted by molar-refractivity contribution is -0.120. The zero-order chi connectivity index (χ0) is 19.7. The number of nitrogens with one attached hydrogen (secondary N) is 1. The maximum absolute atomic E-state index is 12.9. The summed E-state index contributed by atoms with van der Waals surface area (Å²) in [6.45, 7) is 8.34. The molecule has 5 nitrogen and oxygen atoms in total. The predicted octanol–water partition coefficient (Wildman–Crippen LogP) is 4.23. The van der Waals surface area contributed by atoms with Crippen LogP contribution in [0.15, 0.2) is 42.6 Å². The van der Waals surface area contributed by atoms with E-state index in [-0.39, 0.29) is 11.8 Å². The van der Waals surface area contributed by atoms with Gasteiger partial charge >= 0.3 is 0 Å². The summed E-state index contributed by atoms with van der Waals surface area (Å²) in [5.74, 6) is 0.0826. The zero-order valence-corrected chi connectivity index (χ0v) is 16.9. The van der Waals surface area contributed by atoms with Crippen LogP contribution >= 0.6 is 0 Å². The molecule has 0 aliphatic heterocycles. The normalized spacial score (nSPS) is 16.0. The number of hydrogen-bond donors (Lipinski definition) is 1. The molecule has 3 aromatic rings. The summed E-state index contributed by atoms with van der Waals surface area (Å²) < 4.78 is 2.16. The third kappa shape index (κ3) is 3.49. The van der Waals surface area contributed by atoms with Crippen LogP contribution in [0.4, 0.5) is 11.4 Å². The van der Waals surface area contributed by atoms with Gasteiger partial charge in [0.1, 0.15) is 5.65 Å². The first-order valence-corrected chi connectivity index (χ1v) is 10.2. The molecule has 0 saturated carbocycles. The van der Waals surface area contributed by atoms with E-state index < -0.39 is 0 Å². The van der Waals surface area contributed by atoms with Crippen molar-refractivity contribution in [2.75, 3.05) is 23.3 Å². The topological polar surface area (TPSA) is 49.6 Å². The van der Waals surface area contributed by atoms with Crippen LogP contribution in [-0.4, -0.2) is 28.4 Å². The fourth-order valence-electron chi connectivity index (χ4n) is 4.12. The summed E-state index contributed by atoms with van der Waals surface area (Å²) in [6, 6.07) is 12.3. The highest BCUT2D eigenvalue weighted by atomic mass is 16.1. The number of imidazole rings is 1. The molecule has 1 unspecified atom stereocenters. The fourth-order valence-corrected chi connectivity index (χ4v) is 4.12. The van der Waals surface area contributed by atoms with E-state index in [1.165, 1.54) is 16.9 Å². The summed E-state index contributed by atoms with van der Waals surface area (Å²) >= 11 is 0. The van der Waals surface area contributed by atoms with Crippen LogP contribution in [0.25, 0.3) is 5.65 Å². The van der Waals surface area contributed by atoms with Crippen molar-refractivity contribution < 1.29 is 4.79 Å². The molecule has 1 aromatic carbocycles. The quantitative estimate of drug-likeness (QED) is 0.725. The smallest absolute Gasteiger partial charge is 0.227 e. The van der Waals surface area contributed by atoms with Crippen molar-refractivity contribution in [2.24, 2.45) is 5.92 Å². The molecule has 0 radical (unpaired) electrons. The van der Waals surface area contributed by atoms with Crippen molar-refractivity contribution in [3.63, 3.8) is 0 Å². The van der Waals surface area contributed by atoms with Crippen LogP contribution in [0.1, 0.15) is 37.2 Å². The highest BCUT2D eigenvalue weighted by molar-refractivity contribution is 5.93. The van der Waals surface area contributed by atoms with Crippen molar-refractivity contribution in [2.45, 2.75) is 40.0 Å². The molecule has 0 bridgehead atoms. The SMILES string of the molecule is CCN(CC)c1ccc(NC(=O)C2CCc3nc4ccc(C)cn4c3C2)cc1. The second kappa shape index (κ2) is 7.66. The number of carbonyl (C=O) groups excluding carboxylic acids is 1. The van der Waals surface area contributed by atoms with E-state index in [1.54, 1.807) is 0 Å². The fraction of sp³-hybridized carbons (Fsp3) is 0.391. The van der Waals surface area contributed by atoms with E-state index in [0.717, 1.165) is 49.4 Å². The maximum Gasteiger partial charge on any atom is 0.227 e. The molecule has 4 rings (SSSR count). The minimum atomic E-state index is -0.0182. The molecular formula is C23H28N4O. The average molecular weight is 377 g/mol. The van der Waals surface area contributed by atoms with E-state index in [9.17, 15) is 4.79 Å². The molecule has 146 valence electrons. The molecule has 0 spiro atoms. The monoisotopic (exact) mass is 376 g/mol. The number of rotatable bonds is 5. The van der Waals surface area contributed by atoms with Gasteiger partial charge in [-0.1, -0.05) is 6.07 Å². The number of hydrogen-bond acceptors (Lipinski definition) is 3. The summed E-state index contributed by atoms with van der Waals surface area (Å²) in [6.07, 6.45) is 4.56. The highest BCUT2D eigenvalue weighted by Crippen LogP contribution is 2.28. The van der Waals surface area contributed by atoms with Crippen LogP contribution in [0.3, 0.4) is 0 Å². The van der Waals surface area contributed by atoms with Crippen molar-refractivity contribution >= 4 is 22.9 Å². The van der Waals surface area contributed by atoms with Gasteiger partial charge in [-0.2, -0.15) is 0 Å². The number of amides is 1. The third-order valence-electron chi connectivity index (χ3n) is 5.75. The Morgan fingerprint density at radius 3 is 2.64 bits per heavy atom. The second-order valence-electron chi connectivity index (χ2n) is 7.59. The molecule has 1 aliphatic rings. The summed E-state index contributed by atoms with van der Waals surface area (Å²) in [7, 11) is 0. The van der Waals surface area contributed by atoms with Crippen LogP contribution < -0.4 is 10.2 Å². The Hall–Kier alpha value is -2.82. The van der Waals surface area contributed by atoms with E-state index in [0.29, 0.717) is 0 Å². The predicted molar refractivity (Wildman–Crippen MR) is 114 cm³/mol. The number of carbonyl (C=O) groups is 1. The Labute approximate surface area is 166 Å². The summed E-state index contributed by atoms with van der Waals surface area (Å²) in [5, 5.41) is 3.11. The third-order valence-corrected chi connectivity index (χ3v) is 5.75. The lowest BCUT2D eigenvalue weighted by atomic mass is 9.89. The first kappa shape index (κ1) is 18.5. The van der Waals surface area contributed by atoms with Crippen molar-refractivity contribution in [1.82, 2.24) is 9.38 Å². The van der Waals surface area contributed by atoms with Gasteiger partial charge < -0.3 is 14.6 Å². The van der Waals surface area contributed by atoms with Crippen molar-refractivity contribution in [3.05, 3.63) is 59.5 Å². The van der Waals surface area contributed by atoms with Crippen LogP contribution in [0.5, 0.6) is 0 Å². The van der Waals surface area contributed by atoms with Gasteiger partial charge in [-0.3, -0.25) is 4.79 Å². The standard InChI is InChI=1S/C23H28N4O/c1-4-26(5-2)19-10-8-18(9-11-19)24-23(28)17-7-12-20-21(14-17)27-15-16(3)6-13-22(27)25-20/h6,8-11,13,15,17H,4-5,7,12,14H2,1-3H3,(H,24,28). The number of nitrogens with zero attached hydrogens (tertiary/aromatic N) is 3. The van der Waals surface area contributed by atoms with Gasteiger partial charge in [-0.15, -0.1) is 0 Å². The van der Waals surface area contributed by atoms with Gasteiger partial charge in [-0.05, 0) is 69.5 Å². The Morgan fingerprint density at radius 2 is 1.93 bits per heavy atom. The molecule has 1 aliphatic carbocycles. The maximum atomic E-state index is 12.9. The minimum Gasteiger partial charge on any atom is -0.372 e. The van der Waals surface area contributed by atoms with E-state index in [4.69, 9.17) is 4.98 Å². The molecule has 2 heterocycles. The Kier molecular flexibility index (Phi) is 5.07. The van der Waals surface area contributed by atoms with Gasteiger partial charge in [0.05, 0.1) is 5.69 Å². The molecule has 1 amide bonds. The van der Waals surface area contributed by atoms with Crippen LogP contribution in [0.2, 0.25) is 0 Å². The molecule has 0 saturated heterocycles. The number of fused-ring (bicyclic) bond motifs is 3. The van der Waals surface area contributed by atoms with E-state index in [1.807, 2.05) is 12.1 Å². The van der Waals surface area contributed by atoms with Gasteiger partial charge in [-0.25, -0.2) is 4.98 Å². The van der Waals surface area contributed by atoms with Gasteiger partial charge in [0, 0.05) is 48.7 Å². The lowest BCUT2D eigenvalue weighted by Crippen LogP contribution is -2.28. The van der Waals surface area contributed by atoms with Crippen LogP contribution in [-0.2, 0) is 17.6 Å². The number of aryl methyl sites for hydroxylation is 2. The van der Waals surface area contributed by atoms with Crippen molar-refractivity contribution in [3.8, 4) is 0 Å². The van der Waals surface area contributed by atoms with Gasteiger partial charge in [0.15, 0.2) is 0 Å².